The first-order valence-electron chi connectivity index (χ1n) is 7.20. The van der Waals surface area contributed by atoms with E-state index in [-0.39, 0.29) is 5.92 Å². The molecule has 2 unspecified atom stereocenters. The van der Waals surface area contributed by atoms with Crippen LogP contribution in [0.4, 0.5) is 5.69 Å². The summed E-state index contributed by atoms with van der Waals surface area (Å²) in [5.74, 6) is 0.110. The Balaban J connectivity index is 1.90. The highest BCUT2D eigenvalue weighted by atomic mass is 32.2. The Hall–Kier alpha value is -1.79. The van der Waals surface area contributed by atoms with E-state index in [0.717, 1.165) is 11.1 Å². The van der Waals surface area contributed by atoms with Gasteiger partial charge < -0.3 is 5.11 Å². The topological polar surface area (TPSA) is 79.1 Å². The predicted octanol–water partition coefficient (Wildman–Crippen LogP) is 3.18. The first-order valence-corrected chi connectivity index (χ1v) is 9.09. The molecule has 1 aromatic carbocycles. The molecule has 22 heavy (non-hydrogen) atoms. The fraction of sp³-hybridized carbons (Fsp3) is 0.375. The molecule has 0 radical (unpaired) electrons. The first-order chi connectivity index (χ1) is 10.4. The molecule has 1 aromatic rings. The Labute approximate surface area is 130 Å². The zero-order chi connectivity index (χ0) is 15.7. The lowest BCUT2D eigenvalue weighted by molar-refractivity contribution is 0.182. The maximum absolute atomic E-state index is 11.7. The Morgan fingerprint density at radius 3 is 2.91 bits per heavy atom. The lowest BCUT2D eigenvalue weighted by Gasteiger charge is -2.18. The van der Waals surface area contributed by atoms with Crippen molar-refractivity contribution in [2.24, 2.45) is 10.2 Å². The summed E-state index contributed by atoms with van der Waals surface area (Å²) >= 11 is 0. The van der Waals surface area contributed by atoms with E-state index >= 15 is 0 Å². The number of sulfone groups is 1. The van der Waals surface area contributed by atoms with Crippen molar-refractivity contribution in [2.45, 2.75) is 24.9 Å². The molecular formula is C16H18N2O3S. The minimum Gasteiger partial charge on any atom is -0.386 e. The van der Waals surface area contributed by atoms with E-state index in [1.165, 1.54) is 6.26 Å². The molecule has 1 aliphatic heterocycles. The van der Waals surface area contributed by atoms with Gasteiger partial charge in [-0.05, 0) is 18.1 Å². The van der Waals surface area contributed by atoms with Crippen LogP contribution in [-0.2, 0) is 9.84 Å². The van der Waals surface area contributed by atoms with E-state index < -0.39 is 15.9 Å². The Bertz CT molecular complexity index is 779. The lowest BCUT2D eigenvalue weighted by atomic mass is 9.93. The van der Waals surface area contributed by atoms with Gasteiger partial charge in [0.1, 0.15) is 6.10 Å². The number of rotatable bonds is 2. The van der Waals surface area contributed by atoms with Gasteiger partial charge in [-0.3, -0.25) is 0 Å². The van der Waals surface area contributed by atoms with Crippen LogP contribution in [-0.4, -0.2) is 26.3 Å². The number of aliphatic hydroxyl groups is 1. The summed E-state index contributed by atoms with van der Waals surface area (Å²) in [6, 6.07) is 5.78. The van der Waals surface area contributed by atoms with Gasteiger partial charge in [-0.2, -0.15) is 10.2 Å². The van der Waals surface area contributed by atoms with E-state index in [9.17, 15) is 13.5 Å². The normalized spacial score (nSPS) is 24.5. The highest BCUT2D eigenvalue weighted by molar-refractivity contribution is 7.94. The van der Waals surface area contributed by atoms with Gasteiger partial charge in [0.2, 0.25) is 0 Å². The predicted molar refractivity (Wildman–Crippen MR) is 84.8 cm³/mol. The summed E-state index contributed by atoms with van der Waals surface area (Å²) in [6.45, 7) is 0.302. The summed E-state index contributed by atoms with van der Waals surface area (Å²) in [4.78, 5) is 0.472. The first kappa shape index (κ1) is 15.1. The minimum atomic E-state index is -3.13. The molecule has 116 valence electrons. The molecule has 0 saturated carbocycles. The number of benzene rings is 1. The van der Waals surface area contributed by atoms with Crippen molar-refractivity contribution in [3.8, 4) is 0 Å². The summed E-state index contributed by atoms with van der Waals surface area (Å²) in [5, 5.41) is 17.9. The lowest BCUT2D eigenvalue weighted by Crippen LogP contribution is -2.05. The minimum absolute atomic E-state index is 0.110. The summed E-state index contributed by atoms with van der Waals surface area (Å²) in [7, 11) is -3.13. The number of allylic oxidation sites excluding steroid dienone is 4. The van der Waals surface area contributed by atoms with Crippen molar-refractivity contribution in [2.75, 3.05) is 12.8 Å². The molecular weight excluding hydrogens is 300 g/mol. The van der Waals surface area contributed by atoms with Crippen LogP contribution < -0.4 is 0 Å². The van der Waals surface area contributed by atoms with Crippen LogP contribution in [0.15, 0.2) is 51.6 Å². The smallest absolute Gasteiger partial charge is 0.171 e. The standard InChI is InChI=1S/C16H18N2O3S/c1-22(20,21)13-4-2-3-11(5-7-13)12-6-8-14-15(9-12)18-17-10-16(14)19/h2-3,6-9,11,16,19H,4-5,10H2,1H3. The highest BCUT2D eigenvalue weighted by Crippen LogP contribution is 2.35. The van der Waals surface area contributed by atoms with Crippen molar-refractivity contribution in [1.29, 1.82) is 0 Å². The van der Waals surface area contributed by atoms with Gasteiger partial charge >= 0.3 is 0 Å². The molecule has 1 aliphatic carbocycles. The van der Waals surface area contributed by atoms with Crippen molar-refractivity contribution in [1.82, 2.24) is 0 Å². The number of nitrogens with zero attached hydrogens (tertiary/aromatic N) is 2. The van der Waals surface area contributed by atoms with Crippen LogP contribution >= 0.6 is 0 Å². The Morgan fingerprint density at radius 2 is 2.14 bits per heavy atom. The highest BCUT2D eigenvalue weighted by Gasteiger charge is 2.20. The average molecular weight is 318 g/mol. The van der Waals surface area contributed by atoms with Crippen molar-refractivity contribution >= 4 is 15.5 Å². The zero-order valence-electron chi connectivity index (χ0n) is 12.3. The van der Waals surface area contributed by atoms with Crippen molar-refractivity contribution in [3.63, 3.8) is 0 Å². The third kappa shape index (κ3) is 3.03. The molecule has 0 bridgehead atoms. The molecule has 0 amide bonds. The fourth-order valence-corrected chi connectivity index (χ4v) is 3.57. The molecule has 1 N–H and O–H groups in total. The summed E-state index contributed by atoms with van der Waals surface area (Å²) in [6.07, 6.45) is 7.47. The molecule has 3 rings (SSSR count). The third-order valence-electron chi connectivity index (χ3n) is 4.04. The molecule has 0 saturated heterocycles. The second kappa shape index (κ2) is 5.78. The van der Waals surface area contributed by atoms with E-state index in [1.807, 2.05) is 30.4 Å². The van der Waals surface area contributed by atoms with Crippen LogP contribution in [0.1, 0.15) is 36.0 Å². The molecule has 2 atom stereocenters. The molecule has 5 nitrogen and oxygen atoms in total. The summed E-state index contributed by atoms with van der Waals surface area (Å²) in [5.41, 5.74) is 2.54. The SMILES string of the molecule is CS(=O)(=O)C1=CCC(c2ccc3c(c2)N=NCC3O)C=CC1. The van der Waals surface area contributed by atoms with Crippen LogP contribution in [0.25, 0.3) is 0 Å². The van der Waals surface area contributed by atoms with Gasteiger partial charge in [-0.1, -0.05) is 30.4 Å². The van der Waals surface area contributed by atoms with E-state index in [4.69, 9.17) is 0 Å². The monoisotopic (exact) mass is 318 g/mol. The maximum atomic E-state index is 11.7. The van der Waals surface area contributed by atoms with Gasteiger partial charge in [0.15, 0.2) is 9.84 Å². The number of hydrogen-bond acceptors (Lipinski definition) is 5. The fourth-order valence-electron chi connectivity index (χ4n) is 2.77. The second-order valence-electron chi connectivity index (χ2n) is 5.68. The van der Waals surface area contributed by atoms with Gasteiger partial charge in [0.25, 0.3) is 0 Å². The number of aliphatic hydroxyl groups excluding tert-OH is 1. The van der Waals surface area contributed by atoms with Crippen LogP contribution in [0.3, 0.4) is 0 Å². The van der Waals surface area contributed by atoms with Crippen LogP contribution in [0, 0.1) is 0 Å². The molecule has 0 aromatic heterocycles. The Morgan fingerprint density at radius 1 is 1.32 bits per heavy atom. The van der Waals surface area contributed by atoms with Gasteiger partial charge in [0.05, 0.1) is 12.2 Å². The van der Waals surface area contributed by atoms with Gasteiger partial charge in [-0.15, -0.1) is 0 Å². The van der Waals surface area contributed by atoms with Crippen LogP contribution in [0.2, 0.25) is 0 Å². The number of azo groups is 1. The number of hydrogen-bond donors (Lipinski definition) is 1. The van der Waals surface area contributed by atoms with E-state index in [0.29, 0.717) is 30.0 Å². The number of fused-ring (bicyclic) bond motifs is 1. The quantitative estimate of drug-likeness (QED) is 0.851. The van der Waals surface area contributed by atoms with E-state index in [2.05, 4.69) is 10.2 Å². The zero-order valence-corrected chi connectivity index (χ0v) is 13.1. The molecule has 0 spiro atoms. The van der Waals surface area contributed by atoms with Crippen molar-refractivity contribution in [3.05, 3.63) is 52.5 Å². The van der Waals surface area contributed by atoms with Crippen LogP contribution in [0.5, 0.6) is 0 Å². The van der Waals surface area contributed by atoms with Crippen molar-refractivity contribution < 1.29 is 13.5 Å². The van der Waals surface area contributed by atoms with Gasteiger partial charge in [-0.25, -0.2) is 8.42 Å². The largest absolute Gasteiger partial charge is 0.386 e. The third-order valence-corrected chi connectivity index (χ3v) is 5.32. The van der Waals surface area contributed by atoms with Gasteiger partial charge in [0, 0.05) is 29.1 Å². The maximum Gasteiger partial charge on any atom is 0.171 e. The molecule has 6 heteroatoms. The van der Waals surface area contributed by atoms with E-state index in [1.54, 1.807) is 6.08 Å². The second-order valence-corrected chi connectivity index (χ2v) is 7.74. The molecule has 1 heterocycles. The summed E-state index contributed by atoms with van der Waals surface area (Å²) < 4.78 is 23.3. The molecule has 0 fully saturated rings. The molecule has 2 aliphatic rings. The average Bonchev–Trinajstić information content (AvgIpc) is 2.73. The Kier molecular flexibility index (Phi) is 3.97.